The monoisotopic (exact) mass is 314 g/mol. The van der Waals surface area contributed by atoms with E-state index in [9.17, 15) is 18.0 Å². The van der Waals surface area contributed by atoms with Gasteiger partial charge in [0.2, 0.25) is 0 Å². The van der Waals surface area contributed by atoms with Crippen LogP contribution in [0.4, 0.5) is 23.7 Å². The van der Waals surface area contributed by atoms with Gasteiger partial charge in [0, 0.05) is 11.7 Å². The van der Waals surface area contributed by atoms with Crippen molar-refractivity contribution >= 4 is 11.7 Å². The molecule has 2 saturated carbocycles. The van der Waals surface area contributed by atoms with Gasteiger partial charge in [0.05, 0.1) is 0 Å². The molecule has 0 saturated heterocycles. The summed E-state index contributed by atoms with van der Waals surface area (Å²) >= 11 is 0. The van der Waals surface area contributed by atoms with E-state index in [1.54, 1.807) is 0 Å². The molecule has 2 aliphatic rings. The molecule has 1 aromatic carbocycles. The summed E-state index contributed by atoms with van der Waals surface area (Å²) in [6.45, 7) is 0. The molecule has 120 valence electrons. The van der Waals surface area contributed by atoms with Crippen molar-refractivity contribution in [2.75, 3.05) is 5.32 Å². The Balaban J connectivity index is 1.51. The molecule has 1 aromatic rings. The molecule has 3 atom stereocenters. The van der Waals surface area contributed by atoms with Crippen molar-refractivity contribution in [2.24, 2.45) is 11.8 Å². The Morgan fingerprint density at radius 3 is 2.41 bits per heavy atom. The molecule has 0 aliphatic heterocycles. The van der Waals surface area contributed by atoms with Crippen molar-refractivity contribution in [1.29, 1.82) is 0 Å². The number of hydrogen-bond acceptors (Lipinski definition) is 2. The van der Waals surface area contributed by atoms with Crippen LogP contribution >= 0.6 is 0 Å². The second-order valence-corrected chi connectivity index (χ2v) is 5.95. The Morgan fingerprint density at radius 1 is 1.14 bits per heavy atom. The summed E-state index contributed by atoms with van der Waals surface area (Å²) in [4.78, 5) is 11.9. The van der Waals surface area contributed by atoms with E-state index >= 15 is 0 Å². The van der Waals surface area contributed by atoms with Gasteiger partial charge >= 0.3 is 12.4 Å². The highest BCUT2D eigenvalue weighted by Crippen LogP contribution is 2.44. The number of fused-ring (bicyclic) bond motifs is 2. The highest BCUT2D eigenvalue weighted by molar-refractivity contribution is 5.89. The average Bonchev–Trinajstić information content (AvgIpc) is 3.01. The molecule has 3 rings (SSSR count). The van der Waals surface area contributed by atoms with Crippen molar-refractivity contribution in [3.05, 3.63) is 24.3 Å². The summed E-state index contributed by atoms with van der Waals surface area (Å²) in [6.07, 6.45) is -0.0802. The molecule has 22 heavy (non-hydrogen) atoms. The number of amides is 2. The maximum atomic E-state index is 12.1. The molecular weight excluding hydrogens is 297 g/mol. The van der Waals surface area contributed by atoms with E-state index in [-0.39, 0.29) is 17.8 Å². The standard InChI is InChI=1S/C15H17F3N2O2/c16-15(17,18)22-12-5-3-11(4-6-12)19-14(21)20-13-8-9-1-2-10(13)7-9/h3-6,9-10,13H,1-2,7-8H2,(H2,19,20,21). The quantitative estimate of drug-likeness (QED) is 0.889. The minimum absolute atomic E-state index is 0.214. The van der Waals surface area contributed by atoms with Crippen molar-refractivity contribution in [3.8, 4) is 5.75 Å². The first-order valence-electron chi connectivity index (χ1n) is 7.32. The zero-order valence-electron chi connectivity index (χ0n) is 11.8. The van der Waals surface area contributed by atoms with E-state index in [1.807, 2.05) is 0 Å². The molecular formula is C15H17F3N2O2. The number of nitrogens with one attached hydrogen (secondary N) is 2. The lowest BCUT2D eigenvalue weighted by Crippen LogP contribution is -2.40. The lowest BCUT2D eigenvalue weighted by molar-refractivity contribution is -0.274. The van der Waals surface area contributed by atoms with E-state index in [2.05, 4.69) is 15.4 Å². The van der Waals surface area contributed by atoms with Crippen LogP contribution in [0.2, 0.25) is 0 Å². The zero-order chi connectivity index (χ0) is 15.7. The predicted molar refractivity (Wildman–Crippen MR) is 74.5 cm³/mol. The highest BCUT2D eigenvalue weighted by Gasteiger charge is 2.40. The molecule has 0 aromatic heterocycles. The Morgan fingerprint density at radius 2 is 1.86 bits per heavy atom. The third-order valence-electron chi connectivity index (χ3n) is 4.40. The van der Waals surface area contributed by atoms with Gasteiger partial charge in [-0.15, -0.1) is 13.2 Å². The third kappa shape index (κ3) is 3.64. The molecule has 2 amide bonds. The lowest BCUT2D eigenvalue weighted by atomic mass is 9.95. The number of benzene rings is 1. The molecule has 3 unspecified atom stereocenters. The molecule has 7 heteroatoms. The summed E-state index contributed by atoms with van der Waals surface area (Å²) in [5, 5.41) is 5.58. The summed E-state index contributed by atoms with van der Waals surface area (Å²) in [7, 11) is 0. The van der Waals surface area contributed by atoms with E-state index < -0.39 is 6.36 Å². The Bertz CT molecular complexity index is 545. The molecule has 4 nitrogen and oxygen atoms in total. The van der Waals surface area contributed by atoms with E-state index in [0.29, 0.717) is 11.6 Å². The molecule has 2 fully saturated rings. The van der Waals surface area contributed by atoms with E-state index in [1.165, 1.54) is 43.5 Å². The number of rotatable bonds is 3. The van der Waals surface area contributed by atoms with Gasteiger partial charge in [0.1, 0.15) is 5.75 Å². The number of carbonyl (C=O) groups excluding carboxylic acids is 1. The number of halogens is 3. The van der Waals surface area contributed by atoms with Gasteiger partial charge in [0.15, 0.2) is 0 Å². The Hall–Kier alpha value is -1.92. The van der Waals surface area contributed by atoms with Crippen LogP contribution in [0.15, 0.2) is 24.3 Å². The number of ether oxygens (including phenoxy) is 1. The van der Waals surface area contributed by atoms with Crippen LogP contribution in [0.1, 0.15) is 25.7 Å². The molecule has 2 aliphatic carbocycles. The van der Waals surface area contributed by atoms with Crippen LogP contribution in [0, 0.1) is 11.8 Å². The Kier molecular flexibility index (Phi) is 3.88. The normalized spacial score (nSPS) is 26.8. The van der Waals surface area contributed by atoms with Crippen LogP contribution in [-0.4, -0.2) is 18.4 Å². The SMILES string of the molecule is O=C(Nc1ccc(OC(F)(F)F)cc1)NC1CC2CCC1C2. The lowest BCUT2D eigenvalue weighted by Gasteiger charge is -2.23. The van der Waals surface area contributed by atoms with Crippen LogP contribution in [0.3, 0.4) is 0 Å². The average molecular weight is 314 g/mol. The van der Waals surface area contributed by atoms with Gasteiger partial charge in [-0.25, -0.2) is 4.79 Å². The predicted octanol–water partition coefficient (Wildman–Crippen LogP) is 3.90. The number of anilines is 1. The molecule has 2 bridgehead atoms. The minimum atomic E-state index is -4.71. The van der Waals surface area contributed by atoms with Gasteiger partial charge < -0.3 is 15.4 Å². The maximum absolute atomic E-state index is 12.1. The van der Waals surface area contributed by atoms with Gasteiger partial charge in [0.25, 0.3) is 0 Å². The minimum Gasteiger partial charge on any atom is -0.406 e. The van der Waals surface area contributed by atoms with Crippen LogP contribution in [-0.2, 0) is 0 Å². The van der Waals surface area contributed by atoms with E-state index in [4.69, 9.17) is 0 Å². The number of hydrogen-bond donors (Lipinski definition) is 2. The second kappa shape index (κ2) is 5.70. The first kappa shape index (κ1) is 15.0. The fourth-order valence-corrected chi connectivity index (χ4v) is 3.50. The van der Waals surface area contributed by atoms with Gasteiger partial charge in [-0.2, -0.15) is 0 Å². The van der Waals surface area contributed by atoms with Crippen molar-refractivity contribution in [2.45, 2.75) is 38.1 Å². The van der Waals surface area contributed by atoms with Crippen molar-refractivity contribution < 1.29 is 22.7 Å². The van der Waals surface area contributed by atoms with E-state index in [0.717, 1.165) is 12.3 Å². The maximum Gasteiger partial charge on any atom is 0.573 e. The smallest absolute Gasteiger partial charge is 0.406 e. The fraction of sp³-hybridized carbons (Fsp3) is 0.533. The largest absolute Gasteiger partial charge is 0.573 e. The second-order valence-electron chi connectivity index (χ2n) is 5.95. The Labute approximate surface area is 126 Å². The van der Waals surface area contributed by atoms with Gasteiger partial charge in [-0.1, -0.05) is 6.42 Å². The van der Waals surface area contributed by atoms with Crippen LogP contribution in [0.5, 0.6) is 5.75 Å². The molecule has 0 spiro atoms. The highest BCUT2D eigenvalue weighted by atomic mass is 19.4. The topological polar surface area (TPSA) is 50.4 Å². The molecule has 0 radical (unpaired) electrons. The zero-order valence-corrected chi connectivity index (χ0v) is 11.8. The third-order valence-corrected chi connectivity index (χ3v) is 4.40. The summed E-state index contributed by atoms with van der Waals surface area (Å²) in [5.74, 6) is 0.985. The van der Waals surface area contributed by atoms with Crippen LogP contribution in [0.25, 0.3) is 0 Å². The summed E-state index contributed by atoms with van der Waals surface area (Å²) in [6, 6.07) is 4.98. The number of carbonyl (C=O) groups is 1. The number of urea groups is 1. The van der Waals surface area contributed by atoms with Gasteiger partial charge in [-0.05, 0) is 55.4 Å². The fourth-order valence-electron chi connectivity index (χ4n) is 3.50. The summed E-state index contributed by atoms with van der Waals surface area (Å²) < 4.78 is 39.9. The summed E-state index contributed by atoms with van der Waals surface area (Å²) in [5.41, 5.74) is 0.426. The van der Waals surface area contributed by atoms with Crippen molar-refractivity contribution in [3.63, 3.8) is 0 Å². The van der Waals surface area contributed by atoms with Gasteiger partial charge in [-0.3, -0.25) is 0 Å². The molecule has 0 heterocycles. The van der Waals surface area contributed by atoms with Crippen molar-refractivity contribution in [1.82, 2.24) is 5.32 Å². The molecule has 2 N–H and O–H groups in total. The first-order chi connectivity index (χ1) is 10.4. The van der Waals surface area contributed by atoms with Crippen LogP contribution < -0.4 is 15.4 Å². The first-order valence-corrected chi connectivity index (χ1v) is 7.32. The number of alkyl halides is 3.